The summed E-state index contributed by atoms with van der Waals surface area (Å²) in [6.45, 7) is 4.75. The van der Waals surface area contributed by atoms with Gasteiger partial charge in [-0.3, -0.25) is 0 Å². The van der Waals surface area contributed by atoms with Crippen LogP contribution >= 0.6 is 11.8 Å². The van der Waals surface area contributed by atoms with Crippen molar-refractivity contribution in [2.45, 2.75) is 31.3 Å². The van der Waals surface area contributed by atoms with Crippen molar-refractivity contribution in [2.75, 3.05) is 0 Å². The predicted molar refractivity (Wildman–Crippen MR) is 104 cm³/mol. The number of thioether (sulfide) groups is 1. The lowest BCUT2D eigenvalue weighted by Gasteiger charge is -2.07. The highest BCUT2D eigenvalue weighted by Gasteiger charge is 2.13. The Labute approximate surface area is 161 Å². The summed E-state index contributed by atoms with van der Waals surface area (Å²) in [5.41, 5.74) is 3.36. The van der Waals surface area contributed by atoms with Crippen LogP contribution < -0.4 is 0 Å². The van der Waals surface area contributed by atoms with Crippen molar-refractivity contribution < 1.29 is 4.52 Å². The summed E-state index contributed by atoms with van der Waals surface area (Å²) in [5, 5.41) is 13.4. The van der Waals surface area contributed by atoms with E-state index in [-0.39, 0.29) is 0 Å². The van der Waals surface area contributed by atoms with Crippen LogP contribution in [0.4, 0.5) is 0 Å². The molecule has 0 aliphatic rings. The molecule has 136 valence electrons. The van der Waals surface area contributed by atoms with Crippen LogP contribution in [0.25, 0.3) is 11.4 Å². The molecule has 2 aromatic heterocycles. The molecule has 0 saturated carbocycles. The molecule has 0 fully saturated rings. The third kappa shape index (κ3) is 4.09. The van der Waals surface area contributed by atoms with Gasteiger partial charge in [0.05, 0.1) is 12.3 Å². The van der Waals surface area contributed by atoms with Gasteiger partial charge in [0, 0.05) is 5.56 Å². The second kappa shape index (κ2) is 7.75. The molecule has 7 heteroatoms. The highest BCUT2D eigenvalue weighted by atomic mass is 32.2. The predicted octanol–water partition coefficient (Wildman–Crippen LogP) is 4.29. The minimum atomic E-state index is 0.547. The lowest BCUT2D eigenvalue weighted by Crippen LogP contribution is -2.03. The molecule has 2 heterocycles. The summed E-state index contributed by atoms with van der Waals surface area (Å²) < 4.78 is 7.49. The first kappa shape index (κ1) is 17.5. The second-order valence-electron chi connectivity index (χ2n) is 6.27. The fourth-order valence-corrected chi connectivity index (χ4v) is 3.50. The van der Waals surface area contributed by atoms with Gasteiger partial charge in [-0.25, -0.2) is 0 Å². The highest BCUT2D eigenvalue weighted by molar-refractivity contribution is 7.98. The number of hydrogen-bond acceptors (Lipinski definition) is 6. The van der Waals surface area contributed by atoms with E-state index < -0.39 is 0 Å². The zero-order valence-electron chi connectivity index (χ0n) is 15.2. The molecule has 0 aliphatic heterocycles. The minimum Gasteiger partial charge on any atom is -0.338 e. The maximum absolute atomic E-state index is 5.40. The maximum atomic E-state index is 5.40. The minimum absolute atomic E-state index is 0.547. The van der Waals surface area contributed by atoms with Gasteiger partial charge < -0.3 is 9.09 Å². The lowest BCUT2D eigenvalue weighted by molar-refractivity contribution is 0.391. The largest absolute Gasteiger partial charge is 0.338 e. The summed E-state index contributed by atoms with van der Waals surface area (Å²) in [5.74, 6) is 2.61. The van der Waals surface area contributed by atoms with Gasteiger partial charge in [-0.2, -0.15) is 4.98 Å². The summed E-state index contributed by atoms with van der Waals surface area (Å²) in [6, 6.07) is 18.3. The first-order valence-corrected chi connectivity index (χ1v) is 9.64. The molecule has 4 rings (SSSR count). The summed E-state index contributed by atoms with van der Waals surface area (Å²) in [7, 11) is 0. The number of aromatic nitrogens is 5. The molecule has 0 spiro atoms. The molecular formula is C20H19N5OS. The van der Waals surface area contributed by atoms with Gasteiger partial charge in [0.1, 0.15) is 5.82 Å². The van der Waals surface area contributed by atoms with Crippen molar-refractivity contribution in [1.29, 1.82) is 0 Å². The summed E-state index contributed by atoms with van der Waals surface area (Å²) in [6.07, 6.45) is 0. The first-order valence-electron chi connectivity index (χ1n) is 8.65. The molecule has 6 nitrogen and oxygen atoms in total. The number of hydrogen-bond donors (Lipinski definition) is 0. The molecule has 0 saturated heterocycles. The van der Waals surface area contributed by atoms with Crippen molar-refractivity contribution in [3.63, 3.8) is 0 Å². The fourth-order valence-electron chi connectivity index (χ4n) is 2.68. The molecule has 0 unspecified atom stereocenters. The Hall–Kier alpha value is -2.93. The van der Waals surface area contributed by atoms with E-state index in [4.69, 9.17) is 4.52 Å². The van der Waals surface area contributed by atoms with Crippen LogP contribution in [-0.4, -0.2) is 24.9 Å². The van der Waals surface area contributed by atoms with Gasteiger partial charge >= 0.3 is 0 Å². The normalized spacial score (nSPS) is 11.0. The van der Waals surface area contributed by atoms with Crippen LogP contribution in [0.3, 0.4) is 0 Å². The lowest BCUT2D eigenvalue weighted by atomic mass is 10.1. The van der Waals surface area contributed by atoms with Crippen molar-refractivity contribution in [3.8, 4) is 11.4 Å². The molecule has 0 atom stereocenters. The third-order valence-electron chi connectivity index (χ3n) is 4.19. The average molecular weight is 377 g/mol. The standard InChI is InChI=1S/C20H19N5OS/c1-14-8-10-17(11-9-14)19-21-18(26-24-19)13-27-20-23-22-15(2)25(20)12-16-6-4-3-5-7-16/h3-11H,12-13H2,1-2H3. The van der Waals surface area contributed by atoms with Crippen LogP contribution in [-0.2, 0) is 12.3 Å². The van der Waals surface area contributed by atoms with Crippen molar-refractivity contribution in [2.24, 2.45) is 0 Å². The van der Waals surface area contributed by atoms with E-state index in [1.54, 1.807) is 11.8 Å². The number of rotatable bonds is 6. The van der Waals surface area contributed by atoms with E-state index >= 15 is 0 Å². The van der Waals surface area contributed by atoms with E-state index in [2.05, 4.69) is 44.0 Å². The van der Waals surface area contributed by atoms with E-state index in [1.165, 1.54) is 11.1 Å². The van der Waals surface area contributed by atoms with E-state index in [9.17, 15) is 0 Å². The SMILES string of the molecule is Cc1ccc(-c2noc(CSc3nnc(C)n3Cc3ccccc3)n2)cc1. The molecule has 0 N–H and O–H groups in total. The Kier molecular flexibility index (Phi) is 5.02. The Bertz CT molecular complexity index is 1020. The van der Waals surface area contributed by atoms with Crippen molar-refractivity contribution in [3.05, 3.63) is 77.4 Å². The van der Waals surface area contributed by atoms with Gasteiger partial charge in [-0.15, -0.1) is 10.2 Å². The molecule has 4 aromatic rings. The Morgan fingerprint density at radius 1 is 0.963 bits per heavy atom. The Morgan fingerprint density at radius 2 is 1.74 bits per heavy atom. The summed E-state index contributed by atoms with van der Waals surface area (Å²) >= 11 is 1.54. The zero-order chi connectivity index (χ0) is 18.6. The van der Waals surface area contributed by atoms with Crippen LogP contribution in [0.15, 0.2) is 64.3 Å². The van der Waals surface area contributed by atoms with Gasteiger partial charge in [-0.05, 0) is 19.4 Å². The van der Waals surface area contributed by atoms with Gasteiger partial charge in [0.2, 0.25) is 11.7 Å². The molecular weight excluding hydrogens is 358 g/mol. The number of aryl methyl sites for hydroxylation is 2. The first-order chi connectivity index (χ1) is 13.2. The molecule has 0 bridgehead atoms. The molecule has 0 aliphatic carbocycles. The van der Waals surface area contributed by atoms with E-state index in [0.29, 0.717) is 17.5 Å². The fraction of sp³-hybridized carbons (Fsp3) is 0.200. The Morgan fingerprint density at radius 3 is 2.52 bits per heavy atom. The smallest absolute Gasteiger partial charge is 0.237 e. The van der Waals surface area contributed by atoms with Crippen molar-refractivity contribution >= 4 is 11.8 Å². The van der Waals surface area contributed by atoms with Crippen LogP contribution in [0, 0.1) is 13.8 Å². The maximum Gasteiger partial charge on any atom is 0.237 e. The topological polar surface area (TPSA) is 69.6 Å². The second-order valence-corrected chi connectivity index (χ2v) is 7.21. The molecule has 0 amide bonds. The Balaban J connectivity index is 1.46. The number of nitrogens with zero attached hydrogens (tertiary/aromatic N) is 5. The third-order valence-corrected chi connectivity index (χ3v) is 5.14. The zero-order valence-corrected chi connectivity index (χ0v) is 16.0. The average Bonchev–Trinajstić information content (AvgIpc) is 3.29. The van der Waals surface area contributed by atoms with Gasteiger partial charge in [-0.1, -0.05) is 77.1 Å². The molecule has 2 aromatic carbocycles. The van der Waals surface area contributed by atoms with Crippen LogP contribution in [0.1, 0.15) is 22.8 Å². The van der Waals surface area contributed by atoms with Crippen LogP contribution in [0.5, 0.6) is 0 Å². The molecule has 27 heavy (non-hydrogen) atoms. The van der Waals surface area contributed by atoms with Crippen molar-refractivity contribution in [1.82, 2.24) is 24.9 Å². The summed E-state index contributed by atoms with van der Waals surface area (Å²) in [4.78, 5) is 4.49. The van der Waals surface area contributed by atoms with Gasteiger partial charge in [0.25, 0.3) is 0 Å². The monoisotopic (exact) mass is 377 g/mol. The van der Waals surface area contributed by atoms with E-state index in [0.717, 1.165) is 23.1 Å². The van der Waals surface area contributed by atoms with Gasteiger partial charge in [0.15, 0.2) is 5.16 Å². The van der Waals surface area contributed by atoms with Crippen LogP contribution in [0.2, 0.25) is 0 Å². The highest BCUT2D eigenvalue weighted by Crippen LogP contribution is 2.24. The quantitative estimate of drug-likeness (QED) is 0.467. The number of benzene rings is 2. The molecule has 0 radical (unpaired) electrons. The van der Waals surface area contributed by atoms with E-state index in [1.807, 2.05) is 49.4 Å².